The lowest BCUT2D eigenvalue weighted by Gasteiger charge is -2.26. The van der Waals surface area contributed by atoms with Crippen molar-refractivity contribution in [1.82, 2.24) is 14.8 Å². The molecule has 4 nitrogen and oxygen atoms in total. The number of nitrogens with zero attached hydrogens (tertiary/aromatic N) is 4. The molecule has 1 aliphatic rings. The minimum atomic E-state index is 0.281. The van der Waals surface area contributed by atoms with Gasteiger partial charge in [-0.2, -0.15) is 5.26 Å². The Balaban J connectivity index is 2.10. The molecule has 0 bridgehead atoms. The van der Waals surface area contributed by atoms with Crippen LogP contribution in [0.3, 0.4) is 0 Å². The van der Waals surface area contributed by atoms with Crippen LogP contribution in [0.4, 0.5) is 0 Å². The van der Waals surface area contributed by atoms with Gasteiger partial charge in [0, 0.05) is 0 Å². The van der Waals surface area contributed by atoms with Crippen LogP contribution in [0.15, 0.2) is 6.33 Å². The van der Waals surface area contributed by atoms with E-state index >= 15 is 0 Å². The molecule has 1 aromatic rings. The highest BCUT2D eigenvalue weighted by molar-refractivity contribution is 5.05. The van der Waals surface area contributed by atoms with E-state index in [1.54, 1.807) is 6.33 Å². The minimum absolute atomic E-state index is 0.281. The monoisotopic (exact) mass is 190 g/mol. The van der Waals surface area contributed by atoms with Crippen LogP contribution in [0.5, 0.6) is 0 Å². The van der Waals surface area contributed by atoms with E-state index in [2.05, 4.69) is 17.0 Å². The molecule has 0 radical (unpaired) electrons. The second kappa shape index (κ2) is 3.79. The molecule has 2 unspecified atom stereocenters. The number of rotatable bonds is 1. The summed E-state index contributed by atoms with van der Waals surface area (Å²) in [7, 11) is 0. The van der Waals surface area contributed by atoms with Gasteiger partial charge in [-0.25, -0.2) is 9.67 Å². The molecule has 4 heteroatoms. The van der Waals surface area contributed by atoms with E-state index in [-0.39, 0.29) is 5.82 Å². The molecule has 0 saturated heterocycles. The first-order valence-electron chi connectivity index (χ1n) is 5.11. The van der Waals surface area contributed by atoms with Gasteiger partial charge in [-0.3, -0.25) is 0 Å². The van der Waals surface area contributed by atoms with E-state index in [4.69, 9.17) is 5.26 Å². The summed E-state index contributed by atoms with van der Waals surface area (Å²) in [6.45, 7) is 2.27. The number of nitriles is 1. The molecular formula is C10H14N4. The van der Waals surface area contributed by atoms with Crippen molar-refractivity contribution in [2.24, 2.45) is 5.92 Å². The van der Waals surface area contributed by atoms with E-state index < -0.39 is 0 Å². The Morgan fingerprint density at radius 3 is 3.07 bits per heavy atom. The molecule has 0 N–H and O–H groups in total. The van der Waals surface area contributed by atoms with E-state index in [1.165, 1.54) is 19.3 Å². The molecular weight excluding hydrogens is 176 g/mol. The van der Waals surface area contributed by atoms with Crippen molar-refractivity contribution >= 4 is 0 Å². The molecule has 74 valence electrons. The summed E-state index contributed by atoms with van der Waals surface area (Å²) in [6, 6.07) is 2.41. The Morgan fingerprint density at radius 1 is 1.57 bits per heavy atom. The van der Waals surface area contributed by atoms with Crippen LogP contribution < -0.4 is 0 Å². The lowest BCUT2D eigenvalue weighted by Crippen LogP contribution is -2.18. The first kappa shape index (κ1) is 9.20. The zero-order valence-electron chi connectivity index (χ0n) is 8.35. The van der Waals surface area contributed by atoms with Crippen LogP contribution in [-0.2, 0) is 0 Å². The summed E-state index contributed by atoms with van der Waals surface area (Å²) in [4.78, 5) is 3.93. The van der Waals surface area contributed by atoms with Gasteiger partial charge in [-0.15, -0.1) is 5.10 Å². The normalized spacial score (nSPS) is 27.1. The Hall–Kier alpha value is -1.37. The fraction of sp³-hybridized carbons (Fsp3) is 0.700. The lowest BCUT2D eigenvalue weighted by molar-refractivity contribution is 0.266. The standard InChI is InChI=1S/C10H14N4/c1-8-3-2-4-9(5-8)14-7-12-10(6-11)13-14/h7-9H,2-5H2,1H3. The van der Waals surface area contributed by atoms with E-state index in [0.29, 0.717) is 6.04 Å². The van der Waals surface area contributed by atoms with Gasteiger partial charge in [0.2, 0.25) is 0 Å². The molecule has 0 amide bonds. The molecule has 2 rings (SSSR count). The van der Waals surface area contributed by atoms with Gasteiger partial charge in [0.25, 0.3) is 5.82 Å². The van der Waals surface area contributed by atoms with Crippen LogP contribution >= 0.6 is 0 Å². The van der Waals surface area contributed by atoms with Gasteiger partial charge in [0.15, 0.2) is 0 Å². The van der Waals surface area contributed by atoms with Gasteiger partial charge in [0.1, 0.15) is 12.4 Å². The highest BCUT2D eigenvalue weighted by atomic mass is 15.3. The molecule has 1 aromatic heterocycles. The molecule has 1 aliphatic carbocycles. The summed E-state index contributed by atoms with van der Waals surface area (Å²) >= 11 is 0. The van der Waals surface area contributed by atoms with Gasteiger partial charge in [-0.1, -0.05) is 19.8 Å². The molecule has 0 aliphatic heterocycles. The predicted molar refractivity (Wildman–Crippen MR) is 51.4 cm³/mol. The van der Waals surface area contributed by atoms with E-state index in [9.17, 15) is 0 Å². The smallest absolute Gasteiger partial charge is 0.249 e. The van der Waals surface area contributed by atoms with Crippen molar-refractivity contribution < 1.29 is 0 Å². The third-order valence-corrected chi connectivity index (χ3v) is 2.89. The Bertz CT molecular complexity index is 349. The molecule has 1 saturated carbocycles. The van der Waals surface area contributed by atoms with Crippen LogP contribution in [0, 0.1) is 17.2 Å². The molecule has 14 heavy (non-hydrogen) atoms. The van der Waals surface area contributed by atoms with Crippen LogP contribution in [0.25, 0.3) is 0 Å². The first-order valence-corrected chi connectivity index (χ1v) is 5.11. The molecule has 2 atom stereocenters. The van der Waals surface area contributed by atoms with Crippen LogP contribution in [-0.4, -0.2) is 14.8 Å². The molecule has 1 heterocycles. The zero-order chi connectivity index (χ0) is 9.97. The summed E-state index contributed by atoms with van der Waals surface area (Å²) in [5.74, 6) is 1.05. The fourth-order valence-corrected chi connectivity index (χ4v) is 2.14. The third-order valence-electron chi connectivity index (χ3n) is 2.89. The van der Waals surface area contributed by atoms with Crippen LogP contribution in [0.2, 0.25) is 0 Å². The summed E-state index contributed by atoms with van der Waals surface area (Å²) < 4.78 is 1.86. The largest absolute Gasteiger partial charge is 0.252 e. The highest BCUT2D eigenvalue weighted by Crippen LogP contribution is 2.31. The lowest BCUT2D eigenvalue weighted by atomic mass is 9.87. The van der Waals surface area contributed by atoms with Crippen molar-refractivity contribution in [1.29, 1.82) is 5.26 Å². The SMILES string of the molecule is CC1CCCC(n2cnc(C#N)n2)C1. The molecule has 0 aromatic carbocycles. The molecule has 1 fully saturated rings. The fourth-order valence-electron chi connectivity index (χ4n) is 2.14. The topological polar surface area (TPSA) is 54.5 Å². The maximum Gasteiger partial charge on any atom is 0.252 e. The zero-order valence-corrected chi connectivity index (χ0v) is 8.35. The Kier molecular flexibility index (Phi) is 2.49. The van der Waals surface area contributed by atoms with Gasteiger partial charge in [-0.05, 0) is 18.8 Å². The van der Waals surface area contributed by atoms with Crippen molar-refractivity contribution in [2.45, 2.75) is 38.6 Å². The summed E-state index contributed by atoms with van der Waals surface area (Å²) in [6.07, 6.45) is 6.58. The van der Waals surface area contributed by atoms with Crippen molar-refractivity contribution in [3.05, 3.63) is 12.2 Å². The quantitative estimate of drug-likeness (QED) is 0.679. The average molecular weight is 190 g/mol. The van der Waals surface area contributed by atoms with Crippen molar-refractivity contribution in [3.8, 4) is 6.07 Å². The van der Waals surface area contributed by atoms with Gasteiger partial charge in [0.05, 0.1) is 6.04 Å². The highest BCUT2D eigenvalue weighted by Gasteiger charge is 2.21. The summed E-state index contributed by atoms with van der Waals surface area (Å²) in [5.41, 5.74) is 0. The Morgan fingerprint density at radius 2 is 2.43 bits per heavy atom. The van der Waals surface area contributed by atoms with Crippen molar-refractivity contribution in [2.75, 3.05) is 0 Å². The number of hydrogen-bond donors (Lipinski definition) is 0. The first-order chi connectivity index (χ1) is 6.79. The maximum absolute atomic E-state index is 8.61. The minimum Gasteiger partial charge on any atom is -0.249 e. The third kappa shape index (κ3) is 1.77. The Labute approximate surface area is 83.6 Å². The van der Waals surface area contributed by atoms with Crippen molar-refractivity contribution in [3.63, 3.8) is 0 Å². The number of hydrogen-bond acceptors (Lipinski definition) is 3. The average Bonchev–Trinajstić information content (AvgIpc) is 2.66. The maximum atomic E-state index is 8.61. The molecule has 0 spiro atoms. The van der Waals surface area contributed by atoms with E-state index in [0.717, 1.165) is 12.3 Å². The predicted octanol–water partition coefficient (Wildman–Crippen LogP) is 1.90. The number of aromatic nitrogens is 3. The summed E-state index contributed by atoms with van der Waals surface area (Å²) in [5, 5.41) is 12.7. The van der Waals surface area contributed by atoms with Gasteiger partial charge < -0.3 is 0 Å². The van der Waals surface area contributed by atoms with Crippen LogP contribution in [0.1, 0.15) is 44.5 Å². The van der Waals surface area contributed by atoms with Gasteiger partial charge >= 0.3 is 0 Å². The second-order valence-electron chi connectivity index (χ2n) is 4.09. The second-order valence-corrected chi connectivity index (χ2v) is 4.09. The van der Waals surface area contributed by atoms with E-state index in [1.807, 2.05) is 10.8 Å².